The molecule has 0 saturated heterocycles. The zero-order valence-electron chi connectivity index (χ0n) is 23.1. The molecule has 13 heteroatoms. The molecular formula is C29H28BrN5O6S. The monoisotopic (exact) mass is 653 g/mol. The van der Waals surface area contributed by atoms with Crippen LogP contribution in [0.25, 0.3) is 10.6 Å². The maximum Gasteiger partial charge on any atom is 0.273 e. The van der Waals surface area contributed by atoms with Crippen LogP contribution in [0.5, 0.6) is 11.5 Å². The van der Waals surface area contributed by atoms with Crippen LogP contribution in [0, 0.1) is 17.0 Å². The number of hydrogen-bond donors (Lipinski definition) is 1. The van der Waals surface area contributed by atoms with Gasteiger partial charge in [0.1, 0.15) is 5.01 Å². The van der Waals surface area contributed by atoms with Crippen molar-refractivity contribution >= 4 is 49.9 Å². The number of aryl methyl sites for hydroxylation is 1. The van der Waals surface area contributed by atoms with E-state index in [0.717, 1.165) is 15.6 Å². The number of nitro groups is 1. The molecule has 42 heavy (non-hydrogen) atoms. The average molecular weight is 655 g/mol. The van der Waals surface area contributed by atoms with Gasteiger partial charge in [-0.1, -0.05) is 51.5 Å². The maximum absolute atomic E-state index is 13.5. The Kier molecular flexibility index (Phi) is 10.2. The summed E-state index contributed by atoms with van der Waals surface area (Å²) in [5.41, 5.74) is 2.24. The number of nitro benzene ring substituents is 1. The van der Waals surface area contributed by atoms with E-state index in [0.29, 0.717) is 33.6 Å². The molecule has 0 aliphatic heterocycles. The number of benzene rings is 3. The van der Waals surface area contributed by atoms with Gasteiger partial charge in [0, 0.05) is 46.7 Å². The molecule has 0 aliphatic carbocycles. The third-order valence-corrected chi connectivity index (χ3v) is 7.85. The lowest BCUT2D eigenvalue weighted by Gasteiger charge is -2.23. The van der Waals surface area contributed by atoms with E-state index >= 15 is 0 Å². The predicted octanol–water partition coefficient (Wildman–Crippen LogP) is 5.92. The molecule has 0 aliphatic rings. The summed E-state index contributed by atoms with van der Waals surface area (Å²) in [4.78, 5) is 38.9. The van der Waals surface area contributed by atoms with E-state index in [-0.39, 0.29) is 36.7 Å². The third kappa shape index (κ3) is 7.68. The average Bonchev–Trinajstić information content (AvgIpc) is 3.45. The number of methoxy groups -OCH3 is 2. The number of carbonyl (C=O) groups is 2. The Morgan fingerprint density at radius 1 is 1.00 bits per heavy atom. The van der Waals surface area contributed by atoms with Crippen LogP contribution in [0.1, 0.15) is 27.9 Å². The van der Waals surface area contributed by atoms with Gasteiger partial charge in [-0.15, -0.1) is 10.2 Å². The van der Waals surface area contributed by atoms with Gasteiger partial charge in [-0.2, -0.15) is 0 Å². The number of aromatic nitrogens is 2. The van der Waals surface area contributed by atoms with E-state index in [1.165, 1.54) is 22.3 Å². The highest BCUT2D eigenvalue weighted by atomic mass is 79.9. The van der Waals surface area contributed by atoms with Crippen molar-refractivity contribution in [2.45, 2.75) is 19.8 Å². The molecule has 0 bridgehead atoms. The highest BCUT2D eigenvalue weighted by Crippen LogP contribution is 2.29. The summed E-state index contributed by atoms with van der Waals surface area (Å²) in [7, 11) is 3.09. The molecule has 4 rings (SSSR count). The molecule has 4 aromatic rings. The van der Waals surface area contributed by atoms with Crippen molar-refractivity contribution < 1.29 is 24.0 Å². The molecule has 11 nitrogen and oxygen atoms in total. The second-order valence-electron chi connectivity index (χ2n) is 9.21. The van der Waals surface area contributed by atoms with Gasteiger partial charge in [0.05, 0.1) is 19.1 Å². The van der Waals surface area contributed by atoms with Crippen LogP contribution in [0.2, 0.25) is 0 Å². The molecule has 0 saturated carbocycles. The van der Waals surface area contributed by atoms with Crippen LogP contribution in [0.4, 0.5) is 10.8 Å². The zero-order valence-corrected chi connectivity index (χ0v) is 25.5. The SMILES string of the molecule is COc1ccc(CCN(CCC(=O)Nc2nnc(-c3ccc(Br)cc3)s2)C(=O)c2ccc(C)c([N+](=O)[O-])c2)cc1OC. The van der Waals surface area contributed by atoms with Crippen molar-refractivity contribution in [3.05, 3.63) is 91.9 Å². The Labute approximate surface area is 254 Å². The van der Waals surface area contributed by atoms with E-state index in [1.807, 2.05) is 36.4 Å². The van der Waals surface area contributed by atoms with Crippen LogP contribution in [-0.2, 0) is 11.2 Å². The molecule has 0 radical (unpaired) electrons. The fraction of sp³-hybridized carbons (Fsp3) is 0.241. The quantitative estimate of drug-likeness (QED) is 0.147. The second kappa shape index (κ2) is 14.0. The summed E-state index contributed by atoms with van der Waals surface area (Å²) >= 11 is 4.64. The molecule has 1 N–H and O–H groups in total. The van der Waals surface area contributed by atoms with Crippen molar-refractivity contribution in [2.24, 2.45) is 0 Å². The van der Waals surface area contributed by atoms with Crippen LogP contribution < -0.4 is 14.8 Å². The molecule has 1 heterocycles. The van der Waals surface area contributed by atoms with Gasteiger partial charge in [-0.05, 0) is 49.2 Å². The van der Waals surface area contributed by atoms with Gasteiger partial charge in [0.2, 0.25) is 11.0 Å². The Morgan fingerprint density at radius 3 is 2.43 bits per heavy atom. The molecule has 0 fully saturated rings. The third-order valence-electron chi connectivity index (χ3n) is 6.43. The standard InChI is InChI=1S/C29H28BrN5O6S/c1-18-4-6-21(17-23(18)35(38)39)28(37)34(14-12-19-5-11-24(40-2)25(16-19)41-3)15-13-26(36)31-29-33-32-27(42-29)20-7-9-22(30)10-8-20/h4-11,16-17H,12-15H2,1-3H3,(H,31,33,36). The molecular weight excluding hydrogens is 626 g/mol. The minimum Gasteiger partial charge on any atom is -0.493 e. The van der Waals surface area contributed by atoms with Crippen molar-refractivity contribution in [3.63, 3.8) is 0 Å². The molecule has 0 atom stereocenters. The summed E-state index contributed by atoms with van der Waals surface area (Å²) in [5.74, 6) is 0.380. The van der Waals surface area contributed by atoms with Crippen LogP contribution in [-0.4, -0.2) is 59.1 Å². The Morgan fingerprint density at radius 2 is 1.74 bits per heavy atom. The number of hydrogen-bond acceptors (Lipinski definition) is 9. The maximum atomic E-state index is 13.5. The smallest absolute Gasteiger partial charge is 0.273 e. The van der Waals surface area contributed by atoms with Gasteiger partial charge >= 0.3 is 0 Å². The molecule has 0 unspecified atom stereocenters. The fourth-order valence-corrected chi connectivity index (χ4v) is 5.17. The van der Waals surface area contributed by atoms with Crippen molar-refractivity contribution in [3.8, 4) is 22.1 Å². The van der Waals surface area contributed by atoms with Crippen molar-refractivity contribution in [2.75, 3.05) is 32.6 Å². The molecule has 1 aromatic heterocycles. The zero-order chi connectivity index (χ0) is 30.2. The number of halogens is 1. The van der Waals surface area contributed by atoms with Gasteiger partial charge in [0.15, 0.2) is 11.5 Å². The minimum absolute atomic E-state index is 0.0151. The van der Waals surface area contributed by atoms with Gasteiger partial charge in [-0.3, -0.25) is 19.7 Å². The second-order valence-corrected chi connectivity index (χ2v) is 11.1. The first kappa shape index (κ1) is 30.6. The first-order chi connectivity index (χ1) is 20.2. The molecule has 218 valence electrons. The number of ether oxygens (including phenoxy) is 2. The van der Waals surface area contributed by atoms with E-state index in [2.05, 4.69) is 31.4 Å². The highest BCUT2D eigenvalue weighted by Gasteiger charge is 2.21. The van der Waals surface area contributed by atoms with Crippen LogP contribution in [0.15, 0.2) is 65.1 Å². The number of carbonyl (C=O) groups excluding carboxylic acids is 2. The first-order valence-corrected chi connectivity index (χ1v) is 14.4. The normalized spacial score (nSPS) is 10.7. The van der Waals surface area contributed by atoms with E-state index < -0.39 is 10.8 Å². The van der Waals surface area contributed by atoms with E-state index in [4.69, 9.17) is 9.47 Å². The summed E-state index contributed by atoms with van der Waals surface area (Å²) in [6, 6.07) is 17.4. The van der Waals surface area contributed by atoms with Gasteiger partial charge in [0.25, 0.3) is 11.6 Å². The largest absolute Gasteiger partial charge is 0.493 e. The van der Waals surface area contributed by atoms with Gasteiger partial charge < -0.3 is 19.7 Å². The lowest BCUT2D eigenvalue weighted by atomic mass is 10.1. The molecule has 0 spiro atoms. The Balaban J connectivity index is 1.48. The molecule has 2 amide bonds. The van der Waals surface area contributed by atoms with E-state index in [1.54, 1.807) is 39.3 Å². The number of anilines is 1. The van der Waals surface area contributed by atoms with Crippen LogP contribution >= 0.6 is 27.3 Å². The topological polar surface area (TPSA) is 137 Å². The Hall–Kier alpha value is -4.36. The fourth-order valence-electron chi connectivity index (χ4n) is 4.14. The predicted molar refractivity (Wildman–Crippen MR) is 163 cm³/mol. The lowest BCUT2D eigenvalue weighted by Crippen LogP contribution is -2.35. The van der Waals surface area contributed by atoms with Gasteiger partial charge in [-0.25, -0.2) is 0 Å². The summed E-state index contributed by atoms with van der Waals surface area (Å²) in [6.07, 6.45) is 0.438. The molecule has 3 aromatic carbocycles. The summed E-state index contributed by atoms with van der Waals surface area (Å²) in [5, 5.41) is 23.4. The Bertz CT molecular complexity index is 1590. The lowest BCUT2D eigenvalue weighted by molar-refractivity contribution is -0.385. The highest BCUT2D eigenvalue weighted by molar-refractivity contribution is 9.10. The first-order valence-electron chi connectivity index (χ1n) is 12.8. The number of amides is 2. The summed E-state index contributed by atoms with van der Waals surface area (Å²) in [6.45, 7) is 1.95. The number of nitrogens with one attached hydrogen (secondary N) is 1. The van der Waals surface area contributed by atoms with Crippen molar-refractivity contribution in [1.29, 1.82) is 0 Å². The summed E-state index contributed by atoms with van der Waals surface area (Å²) < 4.78 is 11.6. The van der Waals surface area contributed by atoms with Crippen molar-refractivity contribution in [1.82, 2.24) is 15.1 Å². The minimum atomic E-state index is -0.516. The van der Waals surface area contributed by atoms with Crippen LogP contribution in [0.3, 0.4) is 0 Å². The van der Waals surface area contributed by atoms with E-state index in [9.17, 15) is 19.7 Å². The number of nitrogens with zero attached hydrogens (tertiary/aromatic N) is 4. The number of rotatable bonds is 12.